The van der Waals surface area contributed by atoms with Gasteiger partial charge in [0.15, 0.2) is 11.8 Å². The molecular weight excluding hydrogens is 462 g/mol. The summed E-state index contributed by atoms with van der Waals surface area (Å²) in [5.74, 6) is 2.00. The molecule has 1 unspecified atom stereocenters. The standard InChI is InChI=1S/C18H25FN6O.HI/c1-13-23-24-17(25(13)2)12-22-18(21-11-15-7-5-9-26-15)20-10-14-6-3-4-8-16(14)19;/h3-4,6,8,15H,5,7,9-12H2,1-2H3,(H2,20,21,22);1H. The van der Waals surface area contributed by atoms with Gasteiger partial charge in [0.2, 0.25) is 0 Å². The van der Waals surface area contributed by atoms with Crippen LogP contribution in [0.3, 0.4) is 0 Å². The fourth-order valence-electron chi connectivity index (χ4n) is 2.75. The van der Waals surface area contributed by atoms with E-state index in [-0.39, 0.29) is 42.4 Å². The molecule has 9 heteroatoms. The maximum absolute atomic E-state index is 13.8. The molecule has 2 heterocycles. The molecule has 148 valence electrons. The van der Waals surface area contributed by atoms with E-state index >= 15 is 0 Å². The first kappa shape index (κ1) is 21.5. The molecule has 0 radical (unpaired) electrons. The molecule has 1 aliphatic rings. The summed E-state index contributed by atoms with van der Waals surface area (Å²) in [5, 5.41) is 14.7. The zero-order chi connectivity index (χ0) is 18.4. The van der Waals surface area contributed by atoms with Crippen LogP contribution < -0.4 is 10.6 Å². The van der Waals surface area contributed by atoms with Gasteiger partial charge in [0, 0.05) is 25.8 Å². The van der Waals surface area contributed by atoms with Crippen LogP contribution in [0.1, 0.15) is 30.1 Å². The molecule has 0 spiro atoms. The summed E-state index contributed by atoms with van der Waals surface area (Å²) in [4.78, 5) is 4.51. The van der Waals surface area contributed by atoms with Crippen molar-refractivity contribution in [2.75, 3.05) is 13.2 Å². The van der Waals surface area contributed by atoms with Crippen LogP contribution in [0, 0.1) is 12.7 Å². The predicted octanol–water partition coefficient (Wildman–Crippen LogP) is 2.30. The summed E-state index contributed by atoms with van der Waals surface area (Å²) < 4.78 is 21.4. The van der Waals surface area contributed by atoms with Gasteiger partial charge in [-0.05, 0) is 25.8 Å². The van der Waals surface area contributed by atoms with Crippen LogP contribution in [0.4, 0.5) is 4.39 Å². The van der Waals surface area contributed by atoms with Gasteiger partial charge in [-0.15, -0.1) is 34.2 Å². The number of rotatable bonds is 6. The Morgan fingerprint density at radius 3 is 2.81 bits per heavy atom. The minimum absolute atomic E-state index is 0. The molecule has 7 nitrogen and oxygen atoms in total. The predicted molar refractivity (Wildman–Crippen MR) is 113 cm³/mol. The summed E-state index contributed by atoms with van der Waals surface area (Å²) in [6.45, 7) is 4.11. The van der Waals surface area contributed by atoms with Gasteiger partial charge >= 0.3 is 0 Å². The number of hydrogen-bond donors (Lipinski definition) is 2. The van der Waals surface area contributed by atoms with Crippen LogP contribution in [-0.2, 0) is 24.9 Å². The molecular formula is C18H26FIN6O. The molecule has 2 aromatic rings. The van der Waals surface area contributed by atoms with Crippen LogP contribution in [0.5, 0.6) is 0 Å². The molecule has 1 fully saturated rings. The maximum Gasteiger partial charge on any atom is 0.192 e. The number of aliphatic imine (C=N–C) groups is 1. The van der Waals surface area contributed by atoms with Gasteiger partial charge in [-0.1, -0.05) is 18.2 Å². The quantitative estimate of drug-likeness (QED) is 0.371. The summed E-state index contributed by atoms with van der Waals surface area (Å²) in [6.07, 6.45) is 2.31. The fraction of sp³-hybridized carbons (Fsp3) is 0.500. The summed E-state index contributed by atoms with van der Waals surface area (Å²) >= 11 is 0. The van der Waals surface area contributed by atoms with Gasteiger partial charge in [-0.2, -0.15) is 0 Å². The Bertz CT molecular complexity index is 760. The molecule has 27 heavy (non-hydrogen) atoms. The van der Waals surface area contributed by atoms with Crippen molar-refractivity contribution in [3.05, 3.63) is 47.3 Å². The van der Waals surface area contributed by atoms with Crippen molar-refractivity contribution in [3.63, 3.8) is 0 Å². The second-order valence-corrected chi connectivity index (χ2v) is 6.35. The van der Waals surface area contributed by atoms with Crippen molar-refractivity contribution >= 4 is 29.9 Å². The first-order valence-electron chi connectivity index (χ1n) is 8.85. The average Bonchev–Trinajstić information content (AvgIpc) is 3.27. The highest BCUT2D eigenvalue weighted by molar-refractivity contribution is 14.0. The summed E-state index contributed by atoms with van der Waals surface area (Å²) in [6, 6.07) is 6.67. The number of hydrogen-bond acceptors (Lipinski definition) is 4. The van der Waals surface area contributed by atoms with Gasteiger partial charge in [0.25, 0.3) is 0 Å². The van der Waals surface area contributed by atoms with Gasteiger partial charge in [0.05, 0.1) is 19.2 Å². The molecule has 3 rings (SSSR count). The number of aromatic nitrogens is 3. The molecule has 0 aliphatic carbocycles. The van der Waals surface area contributed by atoms with E-state index in [1.54, 1.807) is 12.1 Å². The van der Waals surface area contributed by atoms with Crippen LogP contribution >= 0.6 is 24.0 Å². The maximum atomic E-state index is 13.8. The Kier molecular flexibility index (Phi) is 8.42. The van der Waals surface area contributed by atoms with Crippen molar-refractivity contribution < 1.29 is 9.13 Å². The minimum Gasteiger partial charge on any atom is -0.376 e. The number of guanidine groups is 1. The lowest BCUT2D eigenvalue weighted by Gasteiger charge is -2.15. The lowest BCUT2D eigenvalue weighted by atomic mass is 10.2. The Morgan fingerprint density at radius 1 is 1.33 bits per heavy atom. The number of ether oxygens (including phenoxy) is 1. The molecule has 1 atom stereocenters. The zero-order valence-electron chi connectivity index (χ0n) is 15.6. The number of nitrogens with zero attached hydrogens (tertiary/aromatic N) is 4. The molecule has 1 aliphatic heterocycles. The van der Waals surface area contributed by atoms with Crippen LogP contribution in [0.25, 0.3) is 0 Å². The molecule has 0 bridgehead atoms. The largest absolute Gasteiger partial charge is 0.376 e. The smallest absolute Gasteiger partial charge is 0.192 e. The number of halogens is 2. The van der Waals surface area contributed by atoms with E-state index in [1.165, 1.54) is 6.07 Å². The second kappa shape index (κ2) is 10.5. The summed E-state index contributed by atoms with van der Waals surface area (Å²) in [5.41, 5.74) is 0.556. The van der Waals surface area contributed by atoms with E-state index in [0.29, 0.717) is 24.6 Å². The van der Waals surface area contributed by atoms with Gasteiger partial charge in [0.1, 0.15) is 11.6 Å². The highest BCUT2D eigenvalue weighted by Gasteiger charge is 2.16. The van der Waals surface area contributed by atoms with Crippen molar-refractivity contribution in [3.8, 4) is 0 Å². The molecule has 2 N–H and O–H groups in total. The zero-order valence-corrected chi connectivity index (χ0v) is 17.9. The Morgan fingerprint density at radius 2 is 2.15 bits per heavy atom. The lowest BCUT2D eigenvalue weighted by Crippen LogP contribution is -2.41. The molecule has 1 aromatic heterocycles. The van der Waals surface area contributed by atoms with Crippen molar-refractivity contribution in [1.82, 2.24) is 25.4 Å². The van der Waals surface area contributed by atoms with E-state index in [0.717, 1.165) is 31.1 Å². The Labute approximate surface area is 175 Å². The fourth-order valence-corrected chi connectivity index (χ4v) is 2.75. The topological polar surface area (TPSA) is 76.4 Å². The third-order valence-corrected chi connectivity index (χ3v) is 4.48. The number of nitrogens with one attached hydrogen (secondary N) is 2. The van der Waals surface area contributed by atoms with Gasteiger partial charge in [-0.3, -0.25) is 0 Å². The van der Waals surface area contributed by atoms with E-state index in [9.17, 15) is 4.39 Å². The van der Waals surface area contributed by atoms with E-state index in [4.69, 9.17) is 4.74 Å². The monoisotopic (exact) mass is 488 g/mol. The van der Waals surface area contributed by atoms with E-state index < -0.39 is 0 Å². The average molecular weight is 488 g/mol. The molecule has 0 saturated carbocycles. The van der Waals surface area contributed by atoms with Crippen LogP contribution in [0.2, 0.25) is 0 Å². The van der Waals surface area contributed by atoms with E-state index in [1.807, 2.05) is 24.6 Å². The minimum atomic E-state index is -0.251. The van der Waals surface area contributed by atoms with Crippen LogP contribution in [-0.4, -0.2) is 40.0 Å². The number of aryl methyl sites for hydroxylation is 1. The third kappa shape index (κ3) is 6.13. The Balaban J connectivity index is 0.00000261. The highest BCUT2D eigenvalue weighted by Crippen LogP contribution is 2.11. The van der Waals surface area contributed by atoms with Gasteiger partial charge < -0.3 is 19.9 Å². The SMILES string of the molecule is Cc1nnc(CNC(=NCc2ccccc2F)NCC2CCCO2)n1C.I. The summed E-state index contributed by atoms with van der Waals surface area (Å²) in [7, 11) is 1.92. The molecule has 1 aromatic carbocycles. The first-order chi connectivity index (χ1) is 12.6. The second-order valence-electron chi connectivity index (χ2n) is 6.35. The van der Waals surface area contributed by atoms with Crippen molar-refractivity contribution in [1.29, 1.82) is 0 Å². The molecule has 1 saturated heterocycles. The highest BCUT2D eigenvalue weighted by atomic mass is 127. The Hall–Kier alpha value is -1.75. The third-order valence-electron chi connectivity index (χ3n) is 4.48. The van der Waals surface area contributed by atoms with Crippen molar-refractivity contribution in [2.24, 2.45) is 12.0 Å². The van der Waals surface area contributed by atoms with Gasteiger partial charge in [-0.25, -0.2) is 9.38 Å². The molecule has 0 amide bonds. The number of benzene rings is 1. The van der Waals surface area contributed by atoms with E-state index in [2.05, 4.69) is 25.8 Å². The lowest BCUT2D eigenvalue weighted by molar-refractivity contribution is 0.113. The van der Waals surface area contributed by atoms with Crippen molar-refractivity contribution in [2.45, 2.75) is 39.0 Å². The van der Waals surface area contributed by atoms with Crippen LogP contribution in [0.15, 0.2) is 29.3 Å². The normalized spacial score (nSPS) is 16.9. The first-order valence-corrected chi connectivity index (χ1v) is 8.85.